The molecule has 1 unspecified atom stereocenters. The third-order valence-electron chi connectivity index (χ3n) is 3.69. The van der Waals surface area contributed by atoms with Crippen LogP contribution in [0.3, 0.4) is 0 Å². The molecular formula is C16H21ClN2O4. The summed E-state index contributed by atoms with van der Waals surface area (Å²) in [6.07, 6.45) is -0.586. The lowest BCUT2D eigenvalue weighted by Gasteiger charge is -2.35. The first kappa shape index (κ1) is 17.6. The fourth-order valence-corrected chi connectivity index (χ4v) is 2.54. The van der Waals surface area contributed by atoms with Gasteiger partial charge in [-0.05, 0) is 31.2 Å². The number of methoxy groups -OCH3 is 1. The van der Waals surface area contributed by atoms with Crippen molar-refractivity contribution in [2.45, 2.75) is 13.0 Å². The molecule has 1 aliphatic heterocycles. The normalized spacial score (nSPS) is 16.1. The number of carbonyl (C=O) groups is 2. The second kappa shape index (κ2) is 8.17. The van der Waals surface area contributed by atoms with Crippen LogP contribution in [0.25, 0.3) is 0 Å². The Labute approximate surface area is 140 Å². The number of piperazine rings is 1. The molecule has 2 amide bonds. The van der Waals surface area contributed by atoms with Crippen molar-refractivity contribution in [3.05, 3.63) is 29.3 Å². The number of hydrogen-bond acceptors (Lipinski definition) is 4. The second-order valence-electron chi connectivity index (χ2n) is 5.35. The molecule has 0 aromatic heterocycles. The highest BCUT2D eigenvalue weighted by Gasteiger charge is 2.27. The lowest BCUT2D eigenvalue weighted by molar-refractivity contribution is -0.145. The maximum atomic E-state index is 12.4. The number of amides is 2. The van der Waals surface area contributed by atoms with Crippen LogP contribution < -0.4 is 4.74 Å². The number of carbonyl (C=O) groups excluding carboxylic acids is 2. The summed E-state index contributed by atoms with van der Waals surface area (Å²) in [4.78, 5) is 27.6. The van der Waals surface area contributed by atoms with E-state index in [2.05, 4.69) is 0 Å². The van der Waals surface area contributed by atoms with E-state index in [0.717, 1.165) is 0 Å². The molecule has 0 saturated carbocycles. The van der Waals surface area contributed by atoms with Gasteiger partial charge < -0.3 is 19.3 Å². The maximum Gasteiger partial charge on any atom is 0.263 e. The molecule has 2 rings (SSSR count). The van der Waals surface area contributed by atoms with Crippen molar-refractivity contribution in [1.29, 1.82) is 0 Å². The topological polar surface area (TPSA) is 59.1 Å². The number of rotatable bonds is 5. The van der Waals surface area contributed by atoms with Crippen LogP contribution in [-0.4, -0.2) is 67.6 Å². The standard InChI is InChI=1S/C16H21ClN2O4/c1-12(23-14-5-3-13(17)4-6-14)16(21)19-9-7-18(8-10-19)15(20)11-22-2/h3-6,12H,7-11H2,1-2H3. The van der Waals surface area contributed by atoms with E-state index < -0.39 is 6.10 Å². The van der Waals surface area contributed by atoms with E-state index >= 15 is 0 Å². The highest BCUT2D eigenvalue weighted by molar-refractivity contribution is 6.30. The van der Waals surface area contributed by atoms with E-state index in [9.17, 15) is 9.59 Å². The van der Waals surface area contributed by atoms with E-state index in [1.165, 1.54) is 7.11 Å². The van der Waals surface area contributed by atoms with Gasteiger partial charge >= 0.3 is 0 Å². The Hall–Kier alpha value is -1.79. The molecule has 1 saturated heterocycles. The highest BCUT2D eigenvalue weighted by atomic mass is 35.5. The molecule has 6 nitrogen and oxygen atoms in total. The van der Waals surface area contributed by atoms with Crippen LogP contribution in [0, 0.1) is 0 Å². The van der Waals surface area contributed by atoms with Gasteiger partial charge in [0.05, 0.1) is 0 Å². The molecule has 1 aromatic rings. The van der Waals surface area contributed by atoms with Crippen LogP contribution in [0.1, 0.15) is 6.92 Å². The molecule has 1 aliphatic rings. The van der Waals surface area contributed by atoms with Crippen molar-refractivity contribution in [3.8, 4) is 5.75 Å². The predicted octanol–water partition coefficient (Wildman–Crippen LogP) is 1.42. The van der Waals surface area contributed by atoms with Crippen molar-refractivity contribution in [2.75, 3.05) is 39.9 Å². The first-order chi connectivity index (χ1) is 11.0. The lowest BCUT2D eigenvalue weighted by atomic mass is 10.2. The molecule has 1 aromatic carbocycles. The van der Waals surface area contributed by atoms with E-state index in [4.69, 9.17) is 21.1 Å². The molecule has 1 fully saturated rings. The quantitative estimate of drug-likeness (QED) is 0.813. The monoisotopic (exact) mass is 340 g/mol. The van der Waals surface area contributed by atoms with Crippen molar-refractivity contribution in [3.63, 3.8) is 0 Å². The molecule has 0 aliphatic carbocycles. The van der Waals surface area contributed by atoms with Crippen LogP contribution in [0.5, 0.6) is 5.75 Å². The summed E-state index contributed by atoms with van der Waals surface area (Å²) in [6.45, 7) is 3.83. The molecule has 126 valence electrons. The summed E-state index contributed by atoms with van der Waals surface area (Å²) in [5.41, 5.74) is 0. The average molecular weight is 341 g/mol. The SMILES string of the molecule is COCC(=O)N1CCN(C(=O)C(C)Oc2ccc(Cl)cc2)CC1. The third kappa shape index (κ3) is 4.84. The minimum absolute atomic E-state index is 0.0509. The summed E-state index contributed by atoms with van der Waals surface area (Å²) in [6, 6.07) is 6.89. The maximum absolute atomic E-state index is 12.4. The van der Waals surface area contributed by atoms with Gasteiger partial charge in [-0.25, -0.2) is 0 Å². The molecule has 1 atom stereocenters. The fourth-order valence-electron chi connectivity index (χ4n) is 2.42. The molecule has 0 bridgehead atoms. The highest BCUT2D eigenvalue weighted by Crippen LogP contribution is 2.17. The van der Waals surface area contributed by atoms with Crippen LogP contribution in [0.4, 0.5) is 0 Å². The minimum atomic E-state index is -0.586. The van der Waals surface area contributed by atoms with Crippen molar-refractivity contribution >= 4 is 23.4 Å². The van der Waals surface area contributed by atoms with Crippen LogP contribution in [0.2, 0.25) is 5.02 Å². The number of ether oxygens (including phenoxy) is 2. The van der Waals surface area contributed by atoms with Gasteiger partial charge in [-0.15, -0.1) is 0 Å². The van der Waals surface area contributed by atoms with Gasteiger partial charge in [-0.3, -0.25) is 9.59 Å². The molecule has 0 N–H and O–H groups in total. The van der Waals surface area contributed by atoms with E-state index in [1.807, 2.05) is 0 Å². The van der Waals surface area contributed by atoms with Gasteiger partial charge in [0, 0.05) is 38.3 Å². The number of halogens is 1. The average Bonchev–Trinajstić information content (AvgIpc) is 2.56. The third-order valence-corrected chi connectivity index (χ3v) is 3.94. The first-order valence-corrected chi connectivity index (χ1v) is 7.87. The zero-order chi connectivity index (χ0) is 16.8. The molecule has 0 radical (unpaired) electrons. The molecule has 7 heteroatoms. The van der Waals surface area contributed by atoms with Crippen molar-refractivity contribution in [1.82, 2.24) is 9.80 Å². The summed E-state index contributed by atoms with van der Waals surface area (Å²) in [7, 11) is 1.49. The van der Waals surface area contributed by atoms with Gasteiger partial charge in [-0.1, -0.05) is 11.6 Å². The van der Waals surface area contributed by atoms with Crippen molar-refractivity contribution in [2.24, 2.45) is 0 Å². The Morgan fingerprint density at radius 3 is 2.26 bits per heavy atom. The minimum Gasteiger partial charge on any atom is -0.481 e. The van der Waals surface area contributed by atoms with Gasteiger partial charge in [0.15, 0.2) is 6.10 Å². The molecule has 0 spiro atoms. The Morgan fingerprint density at radius 2 is 1.70 bits per heavy atom. The summed E-state index contributed by atoms with van der Waals surface area (Å²) in [5.74, 6) is 0.466. The summed E-state index contributed by atoms with van der Waals surface area (Å²) in [5, 5.41) is 0.619. The van der Waals surface area contributed by atoms with Crippen LogP contribution in [-0.2, 0) is 14.3 Å². The van der Waals surface area contributed by atoms with E-state index in [-0.39, 0.29) is 18.4 Å². The van der Waals surface area contributed by atoms with Crippen molar-refractivity contribution < 1.29 is 19.1 Å². The Balaban J connectivity index is 1.84. The van der Waals surface area contributed by atoms with Gasteiger partial charge in [0.1, 0.15) is 12.4 Å². The van der Waals surface area contributed by atoms with E-state index in [1.54, 1.807) is 41.0 Å². The predicted molar refractivity (Wildman–Crippen MR) is 86.6 cm³/mol. The Morgan fingerprint density at radius 1 is 1.13 bits per heavy atom. The smallest absolute Gasteiger partial charge is 0.263 e. The van der Waals surface area contributed by atoms with E-state index in [0.29, 0.717) is 37.0 Å². The fraction of sp³-hybridized carbons (Fsp3) is 0.500. The molecular weight excluding hydrogens is 320 g/mol. The zero-order valence-corrected chi connectivity index (χ0v) is 14.1. The summed E-state index contributed by atoms with van der Waals surface area (Å²) < 4.78 is 10.5. The number of hydrogen-bond donors (Lipinski definition) is 0. The van der Waals surface area contributed by atoms with Gasteiger partial charge in [0.2, 0.25) is 5.91 Å². The Bertz CT molecular complexity index is 542. The second-order valence-corrected chi connectivity index (χ2v) is 5.79. The lowest BCUT2D eigenvalue weighted by Crippen LogP contribution is -2.53. The molecule has 1 heterocycles. The van der Waals surface area contributed by atoms with Gasteiger partial charge in [-0.2, -0.15) is 0 Å². The molecule has 23 heavy (non-hydrogen) atoms. The van der Waals surface area contributed by atoms with Crippen LogP contribution >= 0.6 is 11.6 Å². The summed E-state index contributed by atoms with van der Waals surface area (Å²) >= 11 is 5.82. The number of nitrogens with zero attached hydrogens (tertiary/aromatic N) is 2. The largest absolute Gasteiger partial charge is 0.481 e. The number of benzene rings is 1. The zero-order valence-electron chi connectivity index (χ0n) is 13.3. The van der Waals surface area contributed by atoms with Gasteiger partial charge in [0.25, 0.3) is 5.91 Å². The van der Waals surface area contributed by atoms with Crippen LogP contribution in [0.15, 0.2) is 24.3 Å². The first-order valence-electron chi connectivity index (χ1n) is 7.49. The Kier molecular flexibility index (Phi) is 6.24.